The molecule has 2 aromatic rings. The fourth-order valence-corrected chi connectivity index (χ4v) is 1.92. The minimum atomic E-state index is -0.108. The second-order valence-electron chi connectivity index (χ2n) is 3.70. The Balaban J connectivity index is 1.98. The summed E-state index contributed by atoms with van der Waals surface area (Å²) in [7, 11) is 0. The van der Waals surface area contributed by atoms with Gasteiger partial charge >= 0.3 is 0 Å². The van der Waals surface area contributed by atoms with Crippen LogP contribution in [0.2, 0.25) is 5.02 Å². The van der Waals surface area contributed by atoms with Crippen LogP contribution >= 0.6 is 27.5 Å². The maximum atomic E-state index is 11.8. The molecule has 1 aromatic carbocycles. The molecule has 0 bridgehead atoms. The second-order valence-corrected chi connectivity index (χ2v) is 4.95. The monoisotopic (exact) mass is 324 g/mol. The molecule has 1 heterocycles. The number of carbonyl (C=O) groups excluding carboxylic acids is 1. The van der Waals surface area contributed by atoms with Gasteiger partial charge in [0.25, 0.3) is 0 Å². The third kappa shape index (κ3) is 3.82. The van der Waals surface area contributed by atoms with E-state index in [4.69, 9.17) is 11.6 Å². The first kappa shape index (κ1) is 13.1. The molecule has 3 nitrogen and oxygen atoms in total. The number of pyridine rings is 1. The van der Waals surface area contributed by atoms with E-state index < -0.39 is 0 Å². The molecule has 0 saturated heterocycles. The van der Waals surface area contributed by atoms with Crippen molar-refractivity contribution in [2.45, 2.75) is 6.42 Å². The lowest BCUT2D eigenvalue weighted by Crippen LogP contribution is -2.15. The summed E-state index contributed by atoms with van der Waals surface area (Å²) in [5, 5.41) is 3.39. The lowest BCUT2D eigenvalue weighted by atomic mass is 10.1. The van der Waals surface area contributed by atoms with Crippen molar-refractivity contribution in [3.05, 3.63) is 57.7 Å². The minimum absolute atomic E-state index is 0.108. The zero-order chi connectivity index (χ0) is 13.0. The number of halogens is 2. The van der Waals surface area contributed by atoms with E-state index in [-0.39, 0.29) is 5.91 Å². The maximum Gasteiger partial charge on any atom is 0.229 e. The van der Waals surface area contributed by atoms with Crippen molar-refractivity contribution in [1.29, 1.82) is 0 Å². The van der Waals surface area contributed by atoms with E-state index in [1.165, 1.54) is 0 Å². The summed E-state index contributed by atoms with van der Waals surface area (Å²) >= 11 is 9.03. The van der Waals surface area contributed by atoms with Gasteiger partial charge in [-0.2, -0.15) is 0 Å². The molecule has 0 radical (unpaired) electrons. The summed E-state index contributed by atoms with van der Waals surface area (Å²) in [6.45, 7) is 0. The van der Waals surface area contributed by atoms with Crippen LogP contribution < -0.4 is 5.32 Å². The largest absolute Gasteiger partial charge is 0.310 e. The highest BCUT2D eigenvalue weighted by Gasteiger charge is 2.05. The standard InChI is InChI=1S/C13H10BrClN2O/c14-11-2-1-3-12(16-11)17-13(18)8-9-4-6-10(15)7-5-9/h1-7H,8H2,(H,16,17,18). The van der Waals surface area contributed by atoms with Crippen LogP contribution in [0, 0.1) is 0 Å². The van der Waals surface area contributed by atoms with Gasteiger partial charge in [-0.3, -0.25) is 4.79 Å². The normalized spacial score (nSPS) is 10.1. The Labute approximate surface area is 118 Å². The number of hydrogen-bond acceptors (Lipinski definition) is 2. The number of nitrogens with zero attached hydrogens (tertiary/aromatic N) is 1. The van der Waals surface area contributed by atoms with Crippen molar-refractivity contribution in [3.8, 4) is 0 Å². The van der Waals surface area contributed by atoms with Crippen LogP contribution in [0.5, 0.6) is 0 Å². The van der Waals surface area contributed by atoms with Crippen molar-refractivity contribution in [2.75, 3.05) is 5.32 Å². The van der Waals surface area contributed by atoms with Crippen molar-refractivity contribution in [2.24, 2.45) is 0 Å². The zero-order valence-corrected chi connectivity index (χ0v) is 11.7. The molecule has 0 aliphatic carbocycles. The van der Waals surface area contributed by atoms with Crippen LogP contribution in [0.1, 0.15) is 5.56 Å². The number of hydrogen-bond donors (Lipinski definition) is 1. The topological polar surface area (TPSA) is 42.0 Å². The van der Waals surface area contributed by atoms with Crippen LogP contribution in [-0.4, -0.2) is 10.9 Å². The van der Waals surface area contributed by atoms with E-state index in [9.17, 15) is 4.79 Å². The van der Waals surface area contributed by atoms with E-state index in [2.05, 4.69) is 26.2 Å². The smallest absolute Gasteiger partial charge is 0.229 e. The highest BCUT2D eigenvalue weighted by atomic mass is 79.9. The van der Waals surface area contributed by atoms with Crippen molar-refractivity contribution >= 4 is 39.3 Å². The molecule has 92 valence electrons. The average molecular weight is 326 g/mol. The fraction of sp³-hybridized carbons (Fsp3) is 0.0769. The van der Waals surface area contributed by atoms with Crippen LogP contribution in [0.25, 0.3) is 0 Å². The number of benzene rings is 1. The van der Waals surface area contributed by atoms with Crippen molar-refractivity contribution in [3.63, 3.8) is 0 Å². The van der Waals surface area contributed by atoms with Crippen LogP contribution in [0.15, 0.2) is 47.1 Å². The highest BCUT2D eigenvalue weighted by Crippen LogP contribution is 2.12. The SMILES string of the molecule is O=C(Cc1ccc(Cl)cc1)Nc1cccc(Br)n1. The second kappa shape index (κ2) is 5.98. The first-order valence-corrected chi connectivity index (χ1v) is 6.47. The summed E-state index contributed by atoms with van der Waals surface area (Å²) in [5.41, 5.74) is 0.909. The van der Waals surface area contributed by atoms with Crippen LogP contribution in [-0.2, 0) is 11.2 Å². The van der Waals surface area contributed by atoms with Gasteiger partial charge in [0.05, 0.1) is 6.42 Å². The van der Waals surface area contributed by atoms with E-state index in [0.29, 0.717) is 21.9 Å². The molecule has 0 fully saturated rings. The predicted molar refractivity (Wildman–Crippen MR) is 75.7 cm³/mol. The summed E-state index contributed by atoms with van der Waals surface area (Å²) in [4.78, 5) is 15.9. The average Bonchev–Trinajstić information content (AvgIpc) is 2.32. The number of rotatable bonds is 3. The Kier molecular flexibility index (Phi) is 4.33. The maximum absolute atomic E-state index is 11.8. The Morgan fingerprint density at radius 3 is 2.61 bits per heavy atom. The summed E-state index contributed by atoms with van der Waals surface area (Å²) in [6, 6.07) is 12.5. The van der Waals surface area contributed by atoms with Crippen LogP contribution in [0.3, 0.4) is 0 Å². The lowest BCUT2D eigenvalue weighted by Gasteiger charge is -2.04. The number of aromatic nitrogens is 1. The summed E-state index contributed by atoms with van der Waals surface area (Å²) < 4.78 is 0.687. The van der Waals surface area contributed by atoms with Gasteiger partial charge < -0.3 is 5.32 Å². The van der Waals surface area contributed by atoms with Gasteiger partial charge in [-0.25, -0.2) is 4.98 Å². The number of anilines is 1. The molecule has 0 spiro atoms. The third-order valence-corrected chi connectivity index (χ3v) is 2.95. The Morgan fingerprint density at radius 2 is 1.94 bits per heavy atom. The first-order chi connectivity index (χ1) is 8.63. The van der Waals surface area contributed by atoms with Gasteiger partial charge in [0.15, 0.2) is 0 Å². The Morgan fingerprint density at radius 1 is 1.22 bits per heavy atom. The van der Waals surface area contributed by atoms with E-state index >= 15 is 0 Å². The first-order valence-electron chi connectivity index (χ1n) is 5.30. The Bertz CT molecular complexity index is 557. The van der Waals surface area contributed by atoms with Gasteiger partial charge in [-0.05, 0) is 45.8 Å². The number of amides is 1. The Hall–Kier alpha value is -1.39. The fourth-order valence-electron chi connectivity index (χ4n) is 1.45. The summed E-state index contributed by atoms with van der Waals surface area (Å²) in [5.74, 6) is 0.422. The molecule has 1 amide bonds. The van der Waals surface area contributed by atoms with Gasteiger partial charge in [0.1, 0.15) is 10.4 Å². The molecule has 2 rings (SSSR count). The van der Waals surface area contributed by atoms with Crippen LogP contribution in [0.4, 0.5) is 5.82 Å². The number of carbonyl (C=O) groups is 1. The predicted octanol–water partition coefficient (Wildman–Crippen LogP) is 3.68. The molecule has 0 aliphatic rings. The van der Waals surface area contributed by atoms with E-state index in [0.717, 1.165) is 5.56 Å². The summed E-state index contributed by atoms with van der Waals surface area (Å²) in [6.07, 6.45) is 0.297. The lowest BCUT2D eigenvalue weighted by molar-refractivity contribution is -0.115. The molecular formula is C13H10BrClN2O. The van der Waals surface area contributed by atoms with Gasteiger partial charge in [-0.15, -0.1) is 0 Å². The van der Waals surface area contributed by atoms with Gasteiger partial charge in [-0.1, -0.05) is 29.8 Å². The molecule has 1 aromatic heterocycles. The molecule has 5 heteroatoms. The quantitative estimate of drug-likeness (QED) is 0.875. The molecule has 1 N–H and O–H groups in total. The zero-order valence-electron chi connectivity index (χ0n) is 9.36. The molecule has 0 unspecified atom stereocenters. The molecule has 0 aliphatic heterocycles. The molecule has 18 heavy (non-hydrogen) atoms. The van der Waals surface area contributed by atoms with E-state index in [1.54, 1.807) is 24.3 Å². The van der Waals surface area contributed by atoms with Crippen molar-refractivity contribution < 1.29 is 4.79 Å². The highest BCUT2D eigenvalue weighted by molar-refractivity contribution is 9.10. The van der Waals surface area contributed by atoms with E-state index in [1.807, 2.05) is 18.2 Å². The van der Waals surface area contributed by atoms with Gasteiger partial charge in [0, 0.05) is 5.02 Å². The van der Waals surface area contributed by atoms with Gasteiger partial charge in [0.2, 0.25) is 5.91 Å². The minimum Gasteiger partial charge on any atom is -0.310 e. The third-order valence-electron chi connectivity index (χ3n) is 2.26. The molecule has 0 saturated carbocycles. The van der Waals surface area contributed by atoms with Crippen molar-refractivity contribution in [1.82, 2.24) is 4.98 Å². The molecule has 0 atom stereocenters. The number of nitrogens with one attached hydrogen (secondary N) is 1. The molecular weight excluding hydrogens is 316 g/mol.